The molecule has 1 amide bonds. The van der Waals surface area contributed by atoms with Gasteiger partial charge in [-0.1, -0.05) is 0 Å². The third-order valence-corrected chi connectivity index (χ3v) is 4.30. The second-order valence-electron chi connectivity index (χ2n) is 5.75. The summed E-state index contributed by atoms with van der Waals surface area (Å²) in [4.78, 5) is 14.6. The number of hydrogen-bond donors (Lipinski definition) is 0. The van der Waals surface area contributed by atoms with Gasteiger partial charge in [0.05, 0.1) is 12.7 Å². The lowest BCUT2D eigenvalue weighted by Gasteiger charge is -2.29. The predicted molar refractivity (Wildman–Crippen MR) is 80.8 cm³/mol. The van der Waals surface area contributed by atoms with Crippen LogP contribution in [0.5, 0.6) is 5.75 Å². The van der Waals surface area contributed by atoms with Crippen LogP contribution in [0.1, 0.15) is 42.1 Å². The summed E-state index contributed by atoms with van der Waals surface area (Å²) in [5.41, 5.74) is 1.91. The number of carbonyl (C=O) groups excluding carboxylic acids is 1. The Morgan fingerprint density at radius 2 is 2.24 bits per heavy atom. The molecule has 0 aliphatic carbocycles. The molecule has 0 spiro atoms. The summed E-state index contributed by atoms with van der Waals surface area (Å²) >= 11 is 0. The quantitative estimate of drug-likeness (QED) is 0.855. The largest absolute Gasteiger partial charge is 0.493 e. The van der Waals surface area contributed by atoms with Crippen LogP contribution in [0, 0.1) is 0 Å². The Labute approximate surface area is 126 Å². The van der Waals surface area contributed by atoms with Crippen LogP contribution in [-0.2, 0) is 11.2 Å². The van der Waals surface area contributed by atoms with E-state index in [1.54, 1.807) is 0 Å². The van der Waals surface area contributed by atoms with E-state index in [1.165, 1.54) is 6.42 Å². The zero-order valence-electron chi connectivity index (χ0n) is 12.6. The highest BCUT2D eigenvalue weighted by Gasteiger charge is 2.22. The highest BCUT2D eigenvalue weighted by Crippen LogP contribution is 2.26. The standard InChI is InChI=1S/C17H23NO3/c1-2-18(12-15-5-3-4-9-20-15)17(19)14-6-7-16-13(11-14)8-10-21-16/h6-7,11,15H,2-5,8-10,12H2,1H3. The number of fused-ring (bicyclic) bond motifs is 1. The number of ether oxygens (including phenoxy) is 2. The van der Waals surface area contributed by atoms with Gasteiger partial charge in [-0.15, -0.1) is 0 Å². The van der Waals surface area contributed by atoms with Crippen LogP contribution in [0.25, 0.3) is 0 Å². The van der Waals surface area contributed by atoms with E-state index in [1.807, 2.05) is 30.0 Å². The van der Waals surface area contributed by atoms with Gasteiger partial charge in [0.1, 0.15) is 5.75 Å². The SMILES string of the molecule is CCN(CC1CCCCO1)C(=O)c1ccc2c(c1)CCO2. The van der Waals surface area contributed by atoms with Crippen LogP contribution in [0.4, 0.5) is 0 Å². The van der Waals surface area contributed by atoms with E-state index < -0.39 is 0 Å². The number of carbonyl (C=O) groups is 1. The Balaban J connectivity index is 1.69. The van der Waals surface area contributed by atoms with Crippen molar-refractivity contribution in [3.63, 3.8) is 0 Å². The summed E-state index contributed by atoms with van der Waals surface area (Å²) < 4.78 is 11.3. The molecule has 2 aliphatic heterocycles. The summed E-state index contributed by atoms with van der Waals surface area (Å²) in [5.74, 6) is 1.02. The number of benzene rings is 1. The number of hydrogen-bond acceptors (Lipinski definition) is 3. The van der Waals surface area contributed by atoms with E-state index >= 15 is 0 Å². The molecule has 21 heavy (non-hydrogen) atoms. The average Bonchev–Trinajstić information content (AvgIpc) is 3.00. The Morgan fingerprint density at radius 1 is 1.33 bits per heavy atom. The number of amides is 1. The van der Waals surface area contributed by atoms with Crippen LogP contribution in [-0.4, -0.2) is 43.2 Å². The minimum Gasteiger partial charge on any atom is -0.493 e. The number of nitrogens with zero attached hydrogens (tertiary/aromatic N) is 1. The summed E-state index contributed by atoms with van der Waals surface area (Å²) in [6.07, 6.45) is 4.49. The van der Waals surface area contributed by atoms with E-state index in [0.717, 1.165) is 49.4 Å². The van der Waals surface area contributed by atoms with Gasteiger partial charge < -0.3 is 14.4 Å². The maximum absolute atomic E-state index is 12.7. The molecule has 1 aromatic rings. The van der Waals surface area contributed by atoms with E-state index in [0.29, 0.717) is 13.1 Å². The summed E-state index contributed by atoms with van der Waals surface area (Å²) in [5, 5.41) is 0. The van der Waals surface area contributed by atoms with Crippen molar-refractivity contribution in [1.29, 1.82) is 0 Å². The van der Waals surface area contributed by atoms with Gasteiger partial charge >= 0.3 is 0 Å². The van der Waals surface area contributed by atoms with Gasteiger partial charge in [0.25, 0.3) is 5.91 Å². The van der Waals surface area contributed by atoms with E-state index in [4.69, 9.17) is 9.47 Å². The Kier molecular flexibility index (Phi) is 4.44. The van der Waals surface area contributed by atoms with Gasteiger partial charge in [-0.3, -0.25) is 4.79 Å². The highest BCUT2D eigenvalue weighted by molar-refractivity contribution is 5.94. The molecule has 4 nitrogen and oxygen atoms in total. The molecule has 2 aliphatic rings. The molecule has 0 radical (unpaired) electrons. The van der Waals surface area contributed by atoms with Crippen LogP contribution in [0.3, 0.4) is 0 Å². The van der Waals surface area contributed by atoms with Crippen molar-refractivity contribution in [2.75, 3.05) is 26.3 Å². The Bertz CT molecular complexity index is 509. The van der Waals surface area contributed by atoms with Crippen LogP contribution in [0.15, 0.2) is 18.2 Å². The Morgan fingerprint density at radius 3 is 3.00 bits per heavy atom. The summed E-state index contributed by atoms with van der Waals surface area (Å²) in [6.45, 7) is 4.99. The smallest absolute Gasteiger partial charge is 0.253 e. The maximum Gasteiger partial charge on any atom is 0.253 e. The number of rotatable bonds is 4. The van der Waals surface area contributed by atoms with Crippen molar-refractivity contribution in [3.8, 4) is 5.75 Å². The first kappa shape index (κ1) is 14.4. The van der Waals surface area contributed by atoms with Crippen molar-refractivity contribution in [1.82, 2.24) is 4.90 Å². The molecule has 114 valence electrons. The maximum atomic E-state index is 12.7. The van der Waals surface area contributed by atoms with Gasteiger partial charge in [-0.25, -0.2) is 0 Å². The molecule has 4 heteroatoms. The van der Waals surface area contributed by atoms with E-state index in [9.17, 15) is 4.79 Å². The van der Waals surface area contributed by atoms with Crippen LogP contribution >= 0.6 is 0 Å². The summed E-state index contributed by atoms with van der Waals surface area (Å²) in [6, 6.07) is 5.77. The third kappa shape index (κ3) is 3.21. The lowest BCUT2D eigenvalue weighted by atomic mass is 10.1. The zero-order valence-corrected chi connectivity index (χ0v) is 12.6. The molecule has 1 fully saturated rings. The molecule has 2 heterocycles. The molecular weight excluding hydrogens is 266 g/mol. The topological polar surface area (TPSA) is 38.8 Å². The molecule has 0 saturated carbocycles. The van der Waals surface area contributed by atoms with Crippen molar-refractivity contribution in [2.24, 2.45) is 0 Å². The second kappa shape index (κ2) is 6.48. The monoisotopic (exact) mass is 289 g/mol. The molecule has 0 N–H and O–H groups in total. The molecule has 1 atom stereocenters. The minimum atomic E-state index is 0.0985. The highest BCUT2D eigenvalue weighted by atomic mass is 16.5. The second-order valence-corrected chi connectivity index (χ2v) is 5.75. The van der Waals surface area contributed by atoms with E-state index in [-0.39, 0.29) is 12.0 Å². The average molecular weight is 289 g/mol. The van der Waals surface area contributed by atoms with Gasteiger partial charge in [-0.2, -0.15) is 0 Å². The molecule has 1 saturated heterocycles. The molecule has 0 aromatic heterocycles. The summed E-state index contributed by atoms with van der Waals surface area (Å²) in [7, 11) is 0. The van der Waals surface area contributed by atoms with Crippen molar-refractivity contribution >= 4 is 5.91 Å². The first-order valence-electron chi connectivity index (χ1n) is 7.94. The van der Waals surface area contributed by atoms with Gasteiger partial charge in [0, 0.05) is 31.7 Å². The lowest BCUT2D eigenvalue weighted by molar-refractivity contribution is -0.00311. The van der Waals surface area contributed by atoms with Gasteiger partial charge in [0.2, 0.25) is 0 Å². The zero-order chi connectivity index (χ0) is 14.7. The van der Waals surface area contributed by atoms with Gasteiger partial charge in [0.15, 0.2) is 0 Å². The van der Waals surface area contributed by atoms with E-state index in [2.05, 4.69) is 0 Å². The van der Waals surface area contributed by atoms with Crippen molar-refractivity contribution < 1.29 is 14.3 Å². The number of likely N-dealkylation sites (N-methyl/N-ethyl adjacent to an activating group) is 1. The molecular formula is C17H23NO3. The third-order valence-electron chi connectivity index (χ3n) is 4.30. The fourth-order valence-corrected chi connectivity index (χ4v) is 3.05. The molecule has 1 unspecified atom stereocenters. The lowest BCUT2D eigenvalue weighted by Crippen LogP contribution is -2.39. The van der Waals surface area contributed by atoms with Gasteiger partial charge in [-0.05, 0) is 49.9 Å². The normalized spacial score (nSPS) is 20.7. The predicted octanol–water partition coefficient (Wildman–Crippen LogP) is 2.65. The Hall–Kier alpha value is -1.55. The van der Waals surface area contributed by atoms with Crippen molar-refractivity contribution in [3.05, 3.63) is 29.3 Å². The molecule has 3 rings (SSSR count). The fraction of sp³-hybridized carbons (Fsp3) is 0.588. The van der Waals surface area contributed by atoms with Crippen molar-refractivity contribution in [2.45, 2.75) is 38.7 Å². The first-order chi connectivity index (χ1) is 10.3. The molecule has 1 aromatic carbocycles. The minimum absolute atomic E-state index is 0.0985. The van der Waals surface area contributed by atoms with Crippen LogP contribution in [0.2, 0.25) is 0 Å². The fourth-order valence-electron chi connectivity index (χ4n) is 3.05. The molecule has 0 bridgehead atoms. The first-order valence-corrected chi connectivity index (χ1v) is 7.94. The van der Waals surface area contributed by atoms with Crippen LogP contribution < -0.4 is 4.74 Å².